The molecule has 0 saturated carbocycles. The number of aromatic nitrogens is 5. The topological polar surface area (TPSA) is 83.4 Å². The zero-order valence-corrected chi connectivity index (χ0v) is 17.9. The molecule has 11 heteroatoms. The molecule has 1 fully saturated rings. The summed E-state index contributed by atoms with van der Waals surface area (Å²) in [6.45, 7) is 5.26. The van der Waals surface area contributed by atoms with Crippen molar-refractivity contribution in [3.63, 3.8) is 0 Å². The second kappa shape index (κ2) is 8.49. The number of nitrogens with one attached hydrogen (secondary N) is 2. The van der Waals surface area contributed by atoms with E-state index in [1.807, 2.05) is 13.0 Å². The summed E-state index contributed by atoms with van der Waals surface area (Å²) in [5, 5.41) is 9.99. The highest BCUT2D eigenvalue weighted by atomic mass is 19.3. The summed E-state index contributed by atoms with van der Waals surface area (Å²) in [5.41, 5.74) is 1.58. The van der Waals surface area contributed by atoms with Crippen LogP contribution in [0.1, 0.15) is 22.8 Å². The third-order valence-electron chi connectivity index (χ3n) is 5.51. The molecule has 5 rings (SSSR count). The number of rotatable bonds is 6. The molecule has 3 aromatic heterocycles. The summed E-state index contributed by atoms with van der Waals surface area (Å²) in [6.07, 6.45) is 0. The summed E-state index contributed by atoms with van der Waals surface area (Å²) in [4.78, 5) is 10.6. The van der Waals surface area contributed by atoms with Crippen molar-refractivity contribution in [2.75, 3.05) is 31.6 Å². The molecule has 1 aliphatic heterocycles. The van der Waals surface area contributed by atoms with Gasteiger partial charge in [-0.2, -0.15) is 18.9 Å². The molecule has 0 bridgehead atoms. The summed E-state index contributed by atoms with van der Waals surface area (Å²) < 4.78 is 51.0. The Bertz CT molecular complexity index is 1260. The van der Waals surface area contributed by atoms with Gasteiger partial charge in [-0.05, 0) is 43.3 Å². The van der Waals surface area contributed by atoms with Crippen LogP contribution in [0.15, 0.2) is 42.5 Å². The SMILES string of the molecule is Cc1cc(Nc2nc(C(F)(F)c3ccc(F)cc3)nc3ccc(CN4CCOCC4)n23)n[nH]1. The van der Waals surface area contributed by atoms with Crippen LogP contribution >= 0.6 is 0 Å². The second-order valence-corrected chi connectivity index (χ2v) is 7.92. The summed E-state index contributed by atoms with van der Waals surface area (Å²) in [5.74, 6) is -4.21. The molecule has 1 aliphatic rings. The second-order valence-electron chi connectivity index (χ2n) is 7.92. The number of morpholine rings is 1. The van der Waals surface area contributed by atoms with Gasteiger partial charge in [0.1, 0.15) is 11.5 Å². The van der Waals surface area contributed by atoms with Crippen LogP contribution in [-0.4, -0.2) is 55.8 Å². The maximum absolute atomic E-state index is 15.3. The number of fused-ring (bicyclic) bond motifs is 1. The number of aryl methyl sites for hydroxylation is 1. The number of hydrogen-bond acceptors (Lipinski definition) is 6. The van der Waals surface area contributed by atoms with E-state index in [1.54, 1.807) is 16.5 Å². The Hall–Kier alpha value is -3.44. The number of anilines is 2. The first-order chi connectivity index (χ1) is 15.9. The van der Waals surface area contributed by atoms with Crippen LogP contribution < -0.4 is 5.32 Å². The smallest absolute Gasteiger partial charge is 0.331 e. The normalized spacial score (nSPS) is 15.3. The Labute approximate surface area is 187 Å². The number of alkyl halides is 2. The zero-order chi connectivity index (χ0) is 23.0. The van der Waals surface area contributed by atoms with E-state index in [0.29, 0.717) is 31.2 Å². The van der Waals surface area contributed by atoms with Crippen LogP contribution in [0.25, 0.3) is 5.65 Å². The molecule has 4 heterocycles. The average molecular weight is 457 g/mol. The minimum absolute atomic E-state index is 0.163. The number of H-pyrrole nitrogens is 1. The highest BCUT2D eigenvalue weighted by Gasteiger charge is 2.38. The van der Waals surface area contributed by atoms with E-state index in [2.05, 4.69) is 30.4 Å². The van der Waals surface area contributed by atoms with Crippen molar-refractivity contribution in [1.29, 1.82) is 0 Å². The number of aromatic amines is 1. The fourth-order valence-electron chi connectivity index (χ4n) is 3.80. The van der Waals surface area contributed by atoms with Crippen LogP contribution in [0.4, 0.5) is 24.9 Å². The number of ether oxygens (including phenoxy) is 1. The number of benzene rings is 1. The van der Waals surface area contributed by atoms with E-state index < -0.39 is 23.1 Å². The molecular weight excluding hydrogens is 435 g/mol. The fraction of sp³-hybridized carbons (Fsp3) is 0.318. The third kappa shape index (κ3) is 4.29. The Morgan fingerprint density at radius 1 is 1.09 bits per heavy atom. The first-order valence-electron chi connectivity index (χ1n) is 10.5. The summed E-state index contributed by atoms with van der Waals surface area (Å²) in [6, 6.07) is 9.33. The molecule has 2 N–H and O–H groups in total. The minimum atomic E-state index is -3.53. The van der Waals surface area contributed by atoms with Gasteiger partial charge in [-0.25, -0.2) is 9.37 Å². The van der Waals surface area contributed by atoms with E-state index in [1.165, 1.54) is 0 Å². The predicted octanol–water partition coefficient (Wildman–Crippen LogP) is 3.62. The molecule has 1 aromatic carbocycles. The molecule has 0 spiro atoms. The molecule has 0 unspecified atom stereocenters. The monoisotopic (exact) mass is 457 g/mol. The van der Waals surface area contributed by atoms with Crippen molar-refractivity contribution < 1.29 is 17.9 Å². The van der Waals surface area contributed by atoms with Crippen molar-refractivity contribution in [2.45, 2.75) is 19.4 Å². The van der Waals surface area contributed by atoms with Gasteiger partial charge in [-0.3, -0.25) is 14.4 Å². The van der Waals surface area contributed by atoms with E-state index in [-0.39, 0.29) is 5.95 Å². The van der Waals surface area contributed by atoms with Crippen molar-refractivity contribution in [3.8, 4) is 0 Å². The summed E-state index contributed by atoms with van der Waals surface area (Å²) >= 11 is 0. The van der Waals surface area contributed by atoms with Crippen LogP contribution in [0.2, 0.25) is 0 Å². The molecule has 0 aliphatic carbocycles. The van der Waals surface area contributed by atoms with Gasteiger partial charge in [0.25, 0.3) is 0 Å². The van der Waals surface area contributed by atoms with Crippen LogP contribution in [0.5, 0.6) is 0 Å². The van der Waals surface area contributed by atoms with Gasteiger partial charge in [0.05, 0.1) is 13.2 Å². The first-order valence-corrected chi connectivity index (χ1v) is 10.5. The largest absolute Gasteiger partial charge is 0.379 e. The highest BCUT2D eigenvalue weighted by molar-refractivity contribution is 5.56. The molecule has 33 heavy (non-hydrogen) atoms. The molecule has 1 saturated heterocycles. The highest BCUT2D eigenvalue weighted by Crippen LogP contribution is 2.35. The standard InChI is InChI=1S/C22H22F3N7O/c1-14-12-18(30-29-14)26-21-28-20(22(24,25)15-2-4-16(23)5-3-15)27-19-7-6-17(32(19)21)13-31-8-10-33-11-9-31/h2-7,12H,8-11,13H2,1H3,(H2,26,27,28,29,30). The molecule has 0 amide bonds. The number of hydrogen-bond donors (Lipinski definition) is 2. The van der Waals surface area contributed by atoms with E-state index in [0.717, 1.165) is 48.7 Å². The Morgan fingerprint density at radius 3 is 2.55 bits per heavy atom. The lowest BCUT2D eigenvalue weighted by Crippen LogP contribution is -2.36. The van der Waals surface area contributed by atoms with Gasteiger partial charge in [-0.1, -0.05) is 0 Å². The average Bonchev–Trinajstić information content (AvgIpc) is 3.40. The number of halogens is 3. The molecule has 8 nitrogen and oxygen atoms in total. The lowest BCUT2D eigenvalue weighted by atomic mass is 10.1. The van der Waals surface area contributed by atoms with Crippen LogP contribution in [-0.2, 0) is 17.2 Å². The van der Waals surface area contributed by atoms with Crippen molar-refractivity contribution >= 4 is 17.4 Å². The first kappa shape index (κ1) is 21.4. The van der Waals surface area contributed by atoms with Gasteiger partial charge in [0.15, 0.2) is 5.82 Å². The van der Waals surface area contributed by atoms with E-state index >= 15 is 8.78 Å². The molecule has 0 radical (unpaired) electrons. The molecule has 0 atom stereocenters. The molecular formula is C22H22F3N7O. The Morgan fingerprint density at radius 2 is 1.85 bits per heavy atom. The summed E-state index contributed by atoms with van der Waals surface area (Å²) in [7, 11) is 0. The third-order valence-corrected chi connectivity index (χ3v) is 5.51. The lowest BCUT2D eigenvalue weighted by Gasteiger charge is -2.26. The van der Waals surface area contributed by atoms with Gasteiger partial charge >= 0.3 is 5.92 Å². The Kier molecular flexibility index (Phi) is 5.51. The molecule has 4 aromatic rings. The maximum atomic E-state index is 15.3. The van der Waals surface area contributed by atoms with Gasteiger partial charge in [0, 0.05) is 42.7 Å². The van der Waals surface area contributed by atoms with Crippen molar-refractivity contribution in [2.24, 2.45) is 0 Å². The van der Waals surface area contributed by atoms with Crippen LogP contribution in [0.3, 0.4) is 0 Å². The van der Waals surface area contributed by atoms with E-state index in [9.17, 15) is 4.39 Å². The van der Waals surface area contributed by atoms with Crippen molar-refractivity contribution in [3.05, 3.63) is 71.1 Å². The van der Waals surface area contributed by atoms with E-state index in [4.69, 9.17) is 4.74 Å². The lowest BCUT2D eigenvalue weighted by molar-refractivity contribution is 0.0322. The number of nitrogens with zero attached hydrogens (tertiary/aromatic N) is 5. The van der Waals surface area contributed by atoms with Crippen LogP contribution in [0, 0.1) is 12.7 Å². The quantitative estimate of drug-likeness (QED) is 0.460. The fourth-order valence-corrected chi connectivity index (χ4v) is 3.80. The zero-order valence-electron chi connectivity index (χ0n) is 17.9. The van der Waals surface area contributed by atoms with Gasteiger partial charge in [-0.15, -0.1) is 0 Å². The molecule has 172 valence electrons. The predicted molar refractivity (Wildman–Crippen MR) is 115 cm³/mol. The maximum Gasteiger partial charge on any atom is 0.331 e. The van der Waals surface area contributed by atoms with Gasteiger partial charge < -0.3 is 10.1 Å². The van der Waals surface area contributed by atoms with Crippen molar-refractivity contribution in [1.82, 2.24) is 29.5 Å². The van der Waals surface area contributed by atoms with Gasteiger partial charge in [0.2, 0.25) is 11.8 Å². The Balaban J connectivity index is 1.59. The minimum Gasteiger partial charge on any atom is -0.379 e.